The Morgan fingerprint density at radius 1 is 1.44 bits per heavy atom. The number of nitrogens with one attached hydrogen (secondary N) is 1. The van der Waals surface area contributed by atoms with Crippen molar-refractivity contribution in [3.05, 3.63) is 15.6 Å². The third-order valence-corrected chi connectivity index (χ3v) is 4.80. The molecule has 1 N–H and O–H groups in total. The van der Waals surface area contributed by atoms with E-state index in [0.717, 1.165) is 6.42 Å². The van der Waals surface area contributed by atoms with Crippen molar-refractivity contribution < 1.29 is 0 Å². The summed E-state index contributed by atoms with van der Waals surface area (Å²) in [7, 11) is 0. The van der Waals surface area contributed by atoms with Gasteiger partial charge in [-0.25, -0.2) is 4.98 Å². The average Bonchev–Trinajstić information content (AvgIpc) is 2.75. The summed E-state index contributed by atoms with van der Waals surface area (Å²) in [5.74, 6) is 0. The van der Waals surface area contributed by atoms with Crippen molar-refractivity contribution in [1.29, 1.82) is 0 Å². The van der Waals surface area contributed by atoms with Crippen LogP contribution in [-0.2, 0) is 18.4 Å². The van der Waals surface area contributed by atoms with Gasteiger partial charge in [0, 0.05) is 10.9 Å². The molecule has 1 heterocycles. The van der Waals surface area contributed by atoms with E-state index in [-0.39, 0.29) is 5.54 Å². The van der Waals surface area contributed by atoms with Crippen LogP contribution in [0.5, 0.6) is 0 Å². The Balaban J connectivity index is 2.25. The molecule has 3 heteroatoms. The number of thiazole rings is 1. The molecule has 1 aromatic heterocycles. The summed E-state index contributed by atoms with van der Waals surface area (Å²) >= 11 is 1.92. The van der Waals surface area contributed by atoms with Gasteiger partial charge in [0.25, 0.3) is 0 Å². The zero-order valence-corrected chi connectivity index (χ0v) is 11.6. The fraction of sp³-hybridized carbons (Fsp3) is 0.769. The van der Waals surface area contributed by atoms with Gasteiger partial charge in [-0.3, -0.25) is 0 Å². The first-order chi connectivity index (χ1) is 7.55. The van der Waals surface area contributed by atoms with Gasteiger partial charge in [0.15, 0.2) is 0 Å². The number of aryl methyl sites for hydroxylation is 2. The molecule has 0 aliphatic heterocycles. The van der Waals surface area contributed by atoms with Crippen LogP contribution in [0.2, 0.25) is 0 Å². The number of rotatable bonds is 4. The lowest BCUT2D eigenvalue weighted by Gasteiger charge is -2.30. The molecule has 1 aromatic rings. The molecule has 0 bridgehead atoms. The van der Waals surface area contributed by atoms with Gasteiger partial charge in [-0.15, -0.1) is 11.3 Å². The summed E-state index contributed by atoms with van der Waals surface area (Å²) < 4.78 is 0. The second kappa shape index (κ2) is 4.46. The van der Waals surface area contributed by atoms with E-state index in [1.165, 1.54) is 34.8 Å². The van der Waals surface area contributed by atoms with Crippen molar-refractivity contribution in [3.63, 3.8) is 0 Å². The molecule has 1 atom stereocenters. The third-order valence-electron chi connectivity index (χ3n) is 3.38. The number of fused-ring (bicyclic) bond motifs is 1. The number of hydrogen-bond donors (Lipinski definition) is 1. The van der Waals surface area contributed by atoms with Crippen LogP contribution in [0.1, 0.15) is 56.1 Å². The normalized spacial score (nSPS) is 18.8. The first-order valence-electron chi connectivity index (χ1n) is 6.32. The Kier molecular flexibility index (Phi) is 3.36. The minimum absolute atomic E-state index is 0.0587. The zero-order chi connectivity index (χ0) is 11.8. The molecule has 1 aliphatic rings. The van der Waals surface area contributed by atoms with E-state index >= 15 is 0 Å². The van der Waals surface area contributed by atoms with Crippen LogP contribution < -0.4 is 5.32 Å². The average molecular weight is 238 g/mol. The van der Waals surface area contributed by atoms with E-state index in [1.54, 1.807) is 0 Å². The summed E-state index contributed by atoms with van der Waals surface area (Å²) in [6.07, 6.45) is 4.83. The van der Waals surface area contributed by atoms with E-state index in [4.69, 9.17) is 4.98 Å². The van der Waals surface area contributed by atoms with Crippen LogP contribution >= 0.6 is 11.3 Å². The van der Waals surface area contributed by atoms with Crippen LogP contribution in [0.15, 0.2) is 0 Å². The summed E-state index contributed by atoms with van der Waals surface area (Å²) in [5.41, 5.74) is 1.42. The molecule has 0 amide bonds. The molecule has 90 valence electrons. The van der Waals surface area contributed by atoms with Crippen LogP contribution in [0.3, 0.4) is 0 Å². The molecule has 1 unspecified atom stereocenters. The molecule has 0 saturated heterocycles. The minimum Gasteiger partial charge on any atom is -0.303 e. The van der Waals surface area contributed by atoms with Crippen molar-refractivity contribution in [2.24, 2.45) is 0 Å². The fourth-order valence-corrected chi connectivity index (χ4v) is 3.71. The van der Waals surface area contributed by atoms with Gasteiger partial charge in [-0.05, 0) is 46.5 Å². The quantitative estimate of drug-likeness (QED) is 0.871. The largest absolute Gasteiger partial charge is 0.303 e. The van der Waals surface area contributed by atoms with Crippen molar-refractivity contribution >= 4 is 11.3 Å². The number of hydrogen-bond acceptors (Lipinski definition) is 3. The number of aromatic nitrogens is 1. The third kappa shape index (κ3) is 2.16. The first kappa shape index (κ1) is 12.1. The monoisotopic (exact) mass is 238 g/mol. The predicted octanol–water partition coefficient (Wildman–Crippen LogP) is 3.26. The minimum atomic E-state index is 0.0587. The molecule has 0 radical (unpaired) electrons. The van der Waals surface area contributed by atoms with Crippen LogP contribution in [0.25, 0.3) is 0 Å². The highest BCUT2D eigenvalue weighted by molar-refractivity contribution is 7.12. The summed E-state index contributed by atoms with van der Waals surface area (Å²) in [6.45, 7) is 8.92. The summed E-state index contributed by atoms with van der Waals surface area (Å²) in [4.78, 5) is 6.37. The van der Waals surface area contributed by atoms with Gasteiger partial charge < -0.3 is 5.32 Å². The van der Waals surface area contributed by atoms with Gasteiger partial charge in [-0.2, -0.15) is 0 Å². The summed E-state index contributed by atoms with van der Waals surface area (Å²) in [6, 6.07) is 0.503. The van der Waals surface area contributed by atoms with Crippen molar-refractivity contribution in [2.45, 2.75) is 65.0 Å². The lowest BCUT2D eigenvalue weighted by molar-refractivity contribution is 0.321. The van der Waals surface area contributed by atoms with E-state index in [1.807, 2.05) is 11.3 Å². The maximum absolute atomic E-state index is 4.84. The Labute approximate surface area is 102 Å². The van der Waals surface area contributed by atoms with E-state index in [2.05, 4.69) is 33.0 Å². The van der Waals surface area contributed by atoms with Crippen LogP contribution in [0.4, 0.5) is 0 Å². The first-order valence-corrected chi connectivity index (χ1v) is 7.13. The highest BCUT2D eigenvalue weighted by Crippen LogP contribution is 2.34. The molecule has 2 rings (SSSR count). The van der Waals surface area contributed by atoms with Crippen LogP contribution in [-0.4, -0.2) is 11.0 Å². The van der Waals surface area contributed by atoms with E-state index < -0.39 is 0 Å². The Morgan fingerprint density at radius 2 is 2.19 bits per heavy atom. The molecule has 0 saturated carbocycles. The van der Waals surface area contributed by atoms with Gasteiger partial charge in [0.05, 0.1) is 11.2 Å². The van der Waals surface area contributed by atoms with Crippen molar-refractivity contribution in [1.82, 2.24) is 10.3 Å². The predicted molar refractivity (Wildman–Crippen MR) is 70.1 cm³/mol. The standard InChI is InChI=1S/C13H22N2S/c1-5-13(4,15-9(2)3)12-14-10-7-6-8-11(10)16-12/h9,15H,5-8H2,1-4H3. The topological polar surface area (TPSA) is 24.9 Å². The second-order valence-corrected chi connectivity index (χ2v) is 6.31. The molecular formula is C13H22N2S. The number of nitrogens with zero attached hydrogens (tertiary/aromatic N) is 1. The molecule has 2 nitrogen and oxygen atoms in total. The zero-order valence-electron chi connectivity index (χ0n) is 10.8. The molecule has 1 aliphatic carbocycles. The SMILES string of the molecule is CCC(C)(NC(C)C)c1nc2c(s1)CCC2. The lowest BCUT2D eigenvalue weighted by atomic mass is 9.99. The van der Waals surface area contributed by atoms with Crippen molar-refractivity contribution in [2.75, 3.05) is 0 Å². The van der Waals surface area contributed by atoms with E-state index in [9.17, 15) is 0 Å². The summed E-state index contributed by atoms with van der Waals surface area (Å²) in [5, 5.41) is 4.94. The maximum Gasteiger partial charge on any atom is 0.113 e. The highest BCUT2D eigenvalue weighted by atomic mass is 32.1. The van der Waals surface area contributed by atoms with Gasteiger partial charge in [0.2, 0.25) is 0 Å². The lowest BCUT2D eigenvalue weighted by Crippen LogP contribution is -2.43. The molecule has 16 heavy (non-hydrogen) atoms. The van der Waals surface area contributed by atoms with Gasteiger partial charge >= 0.3 is 0 Å². The molecule has 0 fully saturated rings. The van der Waals surface area contributed by atoms with Crippen molar-refractivity contribution in [3.8, 4) is 0 Å². The fourth-order valence-electron chi connectivity index (χ4n) is 2.38. The van der Waals surface area contributed by atoms with Crippen LogP contribution in [0, 0.1) is 0 Å². The van der Waals surface area contributed by atoms with Gasteiger partial charge in [0.1, 0.15) is 5.01 Å². The van der Waals surface area contributed by atoms with E-state index in [0.29, 0.717) is 6.04 Å². The molecular weight excluding hydrogens is 216 g/mol. The molecule has 0 spiro atoms. The molecule has 0 aromatic carbocycles. The highest BCUT2D eigenvalue weighted by Gasteiger charge is 2.30. The smallest absolute Gasteiger partial charge is 0.113 e. The van der Waals surface area contributed by atoms with Gasteiger partial charge in [-0.1, -0.05) is 6.92 Å². The Hall–Kier alpha value is -0.410. The maximum atomic E-state index is 4.84. The Bertz CT molecular complexity index is 349. The Morgan fingerprint density at radius 3 is 2.75 bits per heavy atom. The second-order valence-electron chi connectivity index (χ2n) is 5.23.